The lowest BCUT2D eigenvalue weighted by atomic mass is 10.1. The van der Waals surface area contributed by atoms with Crippen molar-refractivity contribution in [2.24, 2.45) is 5.92 Å². The predicted octanol–water partition coefficient (Wildman–Crippen LogP) is 2.09. The van der Waals surface area contributed by atoms with Crippen LogP contribution in [0.2, 0.25) is 0 Å². The summed E-state index contributed by atoms with van der Waals surface area (Å²) in [6.45, 7) is 4.63. The Bertz CT molecular complexity index is 529. The Kier molecular flexibility index (Phi) is 4.83. The molecule has 5 nitrogen and oxygen atoms in total. The number of benzene rings is 1. The maximum absolute atomic E-state index is 12.4. The maximum atomic E-state index is 12.4. The summed E-state index contributed by atoms with van der Waals surface area (Å²) in [5.41, 5.74) is 1.07. The third-order valence-electron chi connectivity index (χ3n) is 3.76. The fourth-order valence-electron chi connectivity index (χ4n) is 2.53. The summed E-state index contributed by atoms with van der Waals surface area (Å²) in [5, 5.41) is 9.01. The highest BCUT2D eigenvalue weighted by molar-refractivity contribution is 5.82. The second-order valence-corrected chi connectivity index (χ2v) is 5.44. The van der Waals surface area contributed by atoms with Gasteiger partial charge in [0.15, 0.2) is 6.10 Å². The third-order valence-corrected chi connectivity index (χ3v) is 3.76. The standard InChI is InChI=1S/C16H21NO4/c1-3-14(21-13-6-4-5-11(2)9-13)15(18)17-8-7-12(10-17)16(19)20/h4-6,9,12,14H,3,7-8,10H2,1-2H3,(H,19,20). The van der Waals surface area contributed by atoms with E-state index in [0.717, 1.165) is 5.56 Å². The van der Waals surface area contributed by atoms with Crippen LogP contribution in [0.5, 0.6) is 5.75 Å². The minimum atomic E-state index is -0.835. The molecule has 1 saturated heterocycles. The summed E-state index contributed by atoms with van der Waals surface area (Å²) in [5.74, 6) is -0.740. The van der Waals surface area contributed by atoms with Gasteiger partial charge in [0.25, 0.3) is 5.91 Å². The summed E-state index contributed by atoms with van der Waals surface area (Å²) in [7, 11) is 0. The van der Waals surface area contributed by atoms with Crippen LogP contribution in [0.4, 0.5) is 0 Å². The minimum Gasteiger partial charge on any atom is -0.481 e. The fraction of sp³-hybridized carbons (Fsp3) is 0.500. The Morgan fingerprint density at radius 2 is 2.24 bits per heavy atom. The van der Waals surface area contributed by atoms with Crippen molar-refractivity contribution in [3.05, 3.63) is 29.8 Å². The summed E-state index contributed by atoms with van der Waals surface area (Å²) in [6, 6.07) is 7.57. The normalized spacial score (nSPS) is 19.3. The van der Waals surface area contributed by atoms with Gasteiger partial charge < -0.3 is 14.7 Å². The van der Waals surface area contributed by atoms with Gasteiger partial charge in [-0.25, -0.2) is 0 Å². The molecule has 1 aromatic carbocycles. The van der Waals surface area contributed by atoms with Crippen molar-refractivity contribution in [2.75, 3.05) is 13.1 Å². The van der Waals surface area contributed by atoms with Crippen LogP contribution >= 0.6 is 0 Å². The van der Waals surface area contributed by atoms with E-state index in [2.05, 4.69) is 0 Å². The number of nitrogens with zero attached hydrogens (tertiary/aromatic N) is 1. The number of hydrogen-bond acceptors (Lipinski definition) is 3. The summed E-state index contributed by atoms with van der Waals surface area (Å²) >= 11 is 0. The van der Waals surface area contributed by atoms with E-state index in [1.165, 1.54) is 0 Å². The Balaban J connectivity index is 2.01. The molecule has 1 heterocycles. The highest BCUT2D eigenvalue weighted by atomic mass is 16.5. The lowest BCUT2D eigenvalue weighted by molar-refractivity contribution is -0.142. The van der Waals surface area contributed by atoms with Gasteiger partial charge in [0.2, 0.25) is 0 Å². The molecule has 1 N–H and O–H groups in total. The van der Waals surface area contributed by atoms with Gasteiger partial charge in [-0.15, -0.1) is 0 Å². The van der Waals surface area contributed by atoms with E-state index in [9.17, 15) is 9.59 Å². The van der Waals surface area contributed by atoms with Gasteiger partial charge in [-0.1, -0.05) is 19.1 Å². The summed E-state index contributed by atoms with van der Waals surface area (Å²) < 4.78 is 5.78. The molecule has 1 fully saturated rings. The van der Waals surface area contributed by atoms with Gasteiger partial charge >= 0.3 is 5.97 Å². The zero-order chi connectivity index (χ0) is 15.4. The van der Waals surface area contributed by atoms with E-state index < -0.39 is 18.0 Å². The zero-order valence-corrected chi connectivity index (χ0v) is 12.4. The van der Waals surface area contributed by atoms with Crippen LogP contribution in [0.3, 0.4) is 0 Å². The number of aryl methyl sites for hydroxylation is 1. The van der Waals surface area contributed by atoms with Gasteiger partial charge in [-0.05, 0) is 37.5 Å². The van der Waals surface area contributed by atoms with Crippen molar-refractivity contribution in [1.29, 1.82) is 0 Å². The van der Waals surface area contributed by atoms with E-state index in [1.807, 2.05) is 38.1 Å². The lowest BCUT2D eigenvalue weighted by Crippen LogP contribution is -2.40. The van der Waals surface area contributed by atoms with E-state index in [1.54, 1.807) is 4.90 Å². The molecule has 2 unspecified atom stereocenters. The molecular weight excluding hydrogens is 270 g/mol. The van der Waals surface area contributed by atoms with Gasteiger partial charge in [0, 0.05) is 13.1 Å². The number of carbonyl (C=O) groups is 2. The van der Waals surface area contributed by atoms with Crippen molar-refractivity contribution in [1.82, 2.24) is 4.90 Å². The molecule has 2 rings (SSSR count). The first-order valence-corrected chi connectivity index (χ1v) is 7.26. The molecule has 1 aliphatic rings. The van der Waals surface area contributed by atoms with Crippen LogP contribution in [0.1, 0.15) is 25.3 Å². The van der Waals surface area contributed by atoms with Crippen molar-refractivity contribution in [2.45, 2.75) is 32.8 Å². The number of ether oxygens (including phenoxy) is 1. The minimum absolute atomic E-state index is 0.122. The first-order chi connectivity index (χ1) is 10.0. The molecule has 21 heavy (non-hydrogen) atoms. The topological polar surface area (TPSA) is 66.8 Å². The molecule has 1 aromatic rings. The number of amides is 1. The molecule has 1 amide bonds. The van der Waals surface area contributed by atoms with Crippen LogP contribution in [0.25, 0.3) is 0 Å². The number of aliphatic carboxylic acids is 1. The Morgan fingerprint density at radius 1 is 1.48 bits per heavy atom. The summed E-state index contributed by atoms with van der Waals surface area (Å²) in [6.07, 6.45) is 0.516. The molecular formula is C16H21NO4. The number of carboxylic acids is 1. The average Bonchev–Trinajstić information content (AvgIpc) is 2.94. The molecule has 0 spiro atoms. The second kappa shape index (κ2) is 6.61. The first-order valence-electron chi connectivity index (χ1n) is 7.26. The number of rotatable bonds is 5. The Hall–Kier alpha value is -2.04. The molecule has 0 saturated carbocycles. The molecule has 1 aliphatic heterocycles. The van der Waals surface area contributed by atoms with Gasteiger partial charge in [0.05, 0.1) is 5.92 Å². The molecule has 0 aliphatic carbocycles. The predicted molar refractivity (Wildman–Crippen MR) is 78.2 cm³/mol. The Labute approximate surface area is 124 Å². The van der Waals surface area contributed by atoms with Gasteiger partial charge in [0.1, 0.15) is 5.75 Å². The van der Waals surface area contributed by atoms with Gasteiger partial charge in [-0.3, -0.25) is 9.59 Å². The zero-order valence-electron chi connectivity index (χ0n) is 12.4. The smallest absolute Gasteiger partial charge is 0.308 e. The molecule has 0 radical (unpaired) electrons. The van der Waals surface area contributed by atoms with Crippen molar-refractivity contribution < 1.29 is 19.4 Å². The molecule has 0 aromatic heterocycles. The number of carboxylic acid groups (broad SMARTS) is 1. The third kappa shape index (κ3) is 3.74. The number of hydrogen-bond donors (Lipinski definition) is 1. The Morgan fingerprint density at radius 3 is 2.81 bits per heavy atom. The van der Waals surface area contributed by atoms with Gasteiger partial charge in [-0.2, -0.15) is 0 Å². The number of carbonyl (C=O) groups excluding carboxylic acids is 1. The van der Waals surface area contributed by atoms with Crippen molar-refractivity contribution in [3.63, 3.8) is 0 Å². The van der Waals surface area contributed by atoms with E-state index >= 15 is 0 Å². The second-order valence-electron chi connectivity index (χ2n) is 5.44. The first kappa shape index (κ1) is 15.4. The SMILES string of the molecule is CCC(Oc1cccc(C)c1)C(=O)N1CCC(C(=O)O)C1. The molecule has 0 bridgehead atoms. The quantitative estimate of drug-likeness (QED) is 0.902. The van der Waals surface area contributed by atoms with Crippen LogP contribution < -0.4 is 4.74 Å². The molecule has 114 valence electrons. The van der Waals surface area contributed by atoms with E-state index in [-0.39, 0.29) is 12.5 Å². The molecule has 2 atom stereocenters. The maximum Gasteiger partial charge on any atom is 0.308 e. The fourth-order valence-corrected chi connectivity index (χ4v) is 2.53. The van der Waals surface area contributed by atoms with Crippen LogP contribution in [0.15, 0.2) is 24.3 Å². The summed E-state index contributed by atoms with van der Waals surface area (Å²) in [4.78, 5) is 25.0. The number of likely N-dealkylation sites (tertiary alicyclic amines) is 1. The highest BCUT2D eigenvalue weighted by Crippen LogP contribution is 2.21. The van der Waals surface area contributed by atoms with Crippen molar-refractivity contribution >= 4 is 11.9 Å². The van der Waals surface area contributed by atoms with Crippen LogP contribution in [-0.2, 0) is 9.59 Å². The largest absolute Gasteiger partial charge is 0.481 e. The van der Waals surface area contributed by atoms with E-state index in [0.29, 0.717) is 25.1 Å². The van der Waals surface area contributed by atoms with Crippen molar-refractivity contribution in [3.8, 4) is 5.75 Å². The highest BCUT2D eigenvalue weighted by Gasteiger charge is 2.34. The van der Waals surface area contributed by atoms with Crippen LogP contribution in [-0.4, -0.2) is 41.1 Å². The van der Waals surface area contributed by atoms with E-state index in [4.69, 9.17) is 9.84 Å². The lowest BCUT2D eigenvalue weighted by Gasteiger charge is -2.23. The molecule has 5 heteroatoms. The average molecular weight is 291 g/mol. The van der Waals surface area contributed by atoms with Crippen LogP contribution in [0, 0.1) is 12.8 Å². The monoisotopic (exact) mass is 291 g/mol.